The van der Waals surface area contributed by atoms with Gasteiger partial charge in [0.2, 0.25) is 0 Å². The minimum atomic E-state index is 0.483. The largest absolute Gasteiger partial charge is 0.377 e. The maximum Gasteiger partial charge on any atom is 0.0663 e. The highest BCUT2D eigenvalue weighted by molar-refractivity contribution is 4.90. The van der Waals surface area contributed by atoms with Gasteiger partial charge in [0.25, 0.3) is 0 Å². The Balaban J connectivity index is 2.96. The number of rotatable bonds is 6. The topological polar surface area (TPSA) is 33.0 Å². The van der Waals surface area contributed by atoms with E-state index < -0.39 is 0 Å². The zero-order chi connectivity index (χ0) is 8.36. The molecule has 0 radical (unpaired) electrons. The molecule has 2 heteroatoms. The summed E-state index contributed by atoms with van der Waals surface area (Å²) in [5, 5.41) is 8.16. The summed E-state index contributed by atoms with van der Waals surface area (Å²) in [6.07, 6.45) is 6.48. The molecule has 0 aliphatic rings. The number of unbranched alkanes of at least 4 members (excludes halogenated alkanes) is 1. The molecule has 0 rings (SSSR count). The Labute approximate surface area is 68.5 Å². The summed E-state index contributed by atoms with van der Waals surface area (Å²) in [7, 11) is 0. The molecule has 0 bridgehead atoms. The van der Waals surface area contributed by atoms with Crippen molar-refractivity contribution in [1.82, 2.24) is 0 Å². The average Bonchev–Trinajstić information content (AvgIpc) is 2.03. The van der Waals surface area contributed by atoms with Crippen molar-refractivity contribution in [3.05, 3.63) is 12.2 Å². The van der Waals surface area contributed by atoms with Crippen LogP contribution in [0, 0.1) is 11.3 Å². The number of allylic oxidation sites excluding steroid dienone is 1. The van der Waals surface area contributed by atoms with Crippen molar-refractivity contribution in [1.29, 1.82) is 5.26 Å². The first kappa shape index (κ1) is 10.2. The van der Waals surface area contributed by atoms with E-state index in [1.807, 2.05) is 18.2 Å². The molecule has 2 nitrogen and oxygen atoms in total. The van der Waals surface area contributed by atoms with Gasteiger partial charge in [0, 0.05) is 6.61 Å². The van der Waals surface area contributed by atoms with Crippen molar-refractivity contribution < 1.29 is 4.74 Å². The van der Waals surface area contributed by atoms with Gasteiger partial charge in [0.1, 0.15) is 0 Å². The van der Waals surface area contributed by atoms with Gasteiger partial charge in [0.15, 0.2) is 0 Å². The molecule has 0 aromatic rings. The van der Waals surface area contributed by atoms with Crippen molar-refractivity contribution in [3.63, 3.8) is 0 Å². The number of nitriles is 1. The third-order valence-electron chi connectivity index (χ3n) is 1.23. The highest BCUT2D eigenvalue weighted by Gasteiger charge is 1.81. The fraction of sp³-hybridized carbons (Fsp3) is 0.667. The van der Waals surface area contributed by atoms with Crippen molar-refractivity contribution in [3.8, 4) is 6.07 Å². The molecule has 0 saturated heterocycles. The van der Waals surface area contributed by atoms with Crippen LogP contribution in [-0.2, 0) is 4.74 Å². The average molecular weight is 153 g/mol. The van der Waals surface area contributed by atoms with Gasteiger partial charge >= 0.3 is 0 Å². The molecule has 0 aromatic heterocycles. The molecule has 0 N–H and O–H groups in total. The van der Waals surface area contributed by atoms with Gasteiger partial charge in [-0.2, -0.15) is 5.26 Å². The third-order valence-corrected chi connectivity index (χ3v) is 1.23. The Kier molecular flexibility index (Phi) is 8.51. The Morgan fingerprint density at radius 3 is 2.91 bits per heavy atom. The number of hydrogen-bond acceptors (Lipinski definition) is 2. The van der Waals surface area contributed by atoms with E-state index in [9.17, 15) is 0 Å². The summed E-state index contributed by atoms with van der Waals surface area (Å²) in [4.78, 5) is 0. The first-order valence-electron chi connectivity index (χ1n) is 4.01. The molecule has 0 aromatic carbocycles. The summed E-state index contributed by atoms with van der Waals surface area (Å²) in [5.41, 5.74) is 0. The summed E-state index contributed by atoms with van der Waals surface area (Å²) in [6.45, 7) is 3.60. The molecule has 0 spiro atoms. The predicted molar refractivity (Wildman–Crippen MR) is 45.1 cm³/mol. The SMILES string of the molecule is CCCCOC/C=C/CC#N. The molecule has 0 saturated carbocycles. The second-order valence-electron chi connectivity index (χ2n) is 2.26. The summed E-state index contributed by atoms with van der Waals surface area (Å²) < 4.78 is 5.22. The van der Waals surface area contributed by atoms with Crippen LogP contribution in [0.2, 0.25) is 0 Å². The Morgan fingerprint density at radius 1 is 1.45 bits per heavy atom. The minimum Gasteiger partial charge on any atom is -0.377 e. The van der Waals surface area contributed by atoms with Crippen molar-refractivity contribution >= 4 is 0 Å². The van der Waals surface area contributed by atoms with E-state index in [1.54, 1.807) is 0 Å². The summed E-state index contributed by atoms with van der Waals surface area (Å²) in [5.74, 6) is 0. The van der Waals surface area contributed by atoms with E-state index in [-0.39, 0.29) is 0 Å². The van der Waals surface area contributed by atoms with Crippen molar-refractivity contribution in [2.75, 3.05) is 13.2 Å². The second kappa shape index (κ2) is 9.19. The molecule has 0 aliphatic heterocycles. The first-order chi connectivity index (χ1) is 5.41. The van der Waals surface area contributed by atoms with Crippen LogP contribution >= 0.6 is 0 Å². The van der Waals surface area contributed by atoms with Crippen LogP contribution < -0.4 is 0 Å². The van der Waals surface area contributed by atoms with Crippen LogP contribution in [0.4, 0.5) is 0 Å². The zero-order valence-corrected chi connectivity index (χ0v) is 7.05. The van der Waals surface area contributed by atoms with E-state index in [1.165, 1.54) is 6.42 Å². The fourth-order valence-electron chi connectivity index (χ4n) is 0.602. The zero-order valence-electron chi connectivity index (χ0n) is 7.05. The summed E-state index contributed by atoms with van der Waals surface area (Å²) >= 11 is 0. The van der Waals surface area contributed by atoms with E-state index in [0.29, 0.717) is 13.0 Å². The van der Waals surface area contributed by atoms with E-state index in [0.717, 1.165) is 13.0 Å². The monoisotopic (exact) mass is 153 g/mol. The van der Waals surface area contributed by atoms with Crippen LogP contribution in [0.15, 0.2) is 12.2 Å². The second-order valence-corrected chi connectivity index (χ2v) is 2.26. The third kappa shape index (κ3) is 9.19. The number of hydrogen-bond donors (Lipinski definition) is 0. The maximum atomic E-state index is 8.16. The standard InChI is InChI=1S/C9H15NO/c1-2-3-8-11-9-6-4-5-7-10/h4,6H,2-3,5,8-9H2,1H3/b6-4+. The molecular weight excluding hydrogens is 138 g/mol. The quantitative estimate of drug-likeness (QED) is 0.433. The lowest BCUT2D eigenvalue weighted by atomic mass is 10.4. The Bertz CT molecular complexity index is 135. The fourth-order valence-corrected chi connectivity index (χ4v) is 0.602. The van der Waals surface area contributed by atoms with E-state index >= 15 is 0 Å². The van der Waals surface area contributed by atoms with Gasteiger partial charge < -0.3 is 4.74 Å². The molecule has 0 heterocycles. The molecule has 0 amide bonds. The normalized spacial score (nSPS) is 10.2. The van der Waals surface area contributed by atoms with Crippen LogP contribution in [-0.4, -0.2) is 13.2 Å². The Hall–Kier alpha value is -0.810. The molecule has 62 valence electrons. The summed E-state index contributed by atoms with van der Waals surface area (Å²) in [6, 6.07) is 2.03. The smallest absolute Gasteiger partial charge is 0.0663 e. The molecule has 0 unspecified atom stereocenters. The number of nitrogens with zero attached hydrogens (tertiary/aromatic N) is 1. The highest BCUT2D eigenvalue weighted by atomic mass is 16.5. The lowest BCUT2D eigenvalue weighted by Gasteiger charge is -1.96. The van der Waals surface area contributed by atoms with Gasteiger partial charge in [0.05, 0.1) is 19.1 Å². The van der Waals surface area contributed by atoms with Crippen LogP contribution in [0.1, 0.15) is 26.2 Å². The van der Waals surface area contributed by atoms with Crippen molar-refractivity contribution in [2.24, 2.45) is 0 Å². The van der Waals surface area contributed by atoms with Gasteiger partial charge in [-0.3, -0.25) is 0 Å². The van der Waals surface area contributed by atoms with Gasteiger partial charge in [-0.25, -0.2) is 0 Å². The highest BCUT2D eigenvalue weighted by Crippen LogP contribution is 1.88. The molecule has 0 aliphatic carbocycles. The minimum absolute atomic E-state index is 0.483. The molecule has 11 heavy (non-hydrogen) atoms. The molecule has 0 fully saturated rings. The lowest BCUT2D eigenvalue weighted by Crippen LogP contribution is -1.92. The molecule has 0 atom stereocenters. The maximum absolute atomic E-state index is 8.16. The van der Waals surface area contributed by atoms with E-state index in [4.69, 9.17) is 10.00 Å². The van der Waals surface area contributed by atoms with Crippen molar-refractivity contribution in [2.45, 2.75) is 26.2 Å². The predicted octanol–water partition coefficient (Wildman–Crippen LogP) is 2.27. The van der Waals surface area contributed by atoms with Crippen LogP contribution in [0.25, 0.3) is 0 Å². The lowest BCUT2D eigenvalue weighted by molar-refractivity contribution is 0.159. The van der Waals surface area contributed by atoms with Gasteiger partial charge in [-0.05, 0) is 6.42 Å². The van der Waals surface area contributed by atoms with Gasteiger partial charge in [-0.1, -0.05) is 25.5 Å². The number of ether oxygens (including phenoxy) is 1. The molecular formula is C9H15NO. The Morgan fingerprint density at radius 2 is 2.27 bits per heavy atom. The van der Waals surface area contributed by atoms with Crippen LogP contribution in [0.3, 0.4) is 0 Å². The van der Waals surface area contributed by atoms with E-state index in [2.05, 4.69) is 6.92 Å². The van der Waals surface area contributed by atoms with Gasteiger partial charge in [-0.15, -0.1) is 0 Å². The van der Waals surface area contributed by atoms with Crippen LogP contribution in [0.5, 0.6) is 0 Å². The first-order valence-corrected chi connectivity index (χ1v) is 4.01.